The minimum Gasteiger partial charge on any atom is -0.495 e. The second-order valence-corrected chi connectivity index (χ2v) is 5.25. The largest absolute Gasteiger partial charge is 0.495 e. The Labute approximate surface area is 150 Å². The molecule has 2 aromatic carbocycles. The number of carbonyl (C=O) groups excluding carboxylic acids is 1. The van der Waals surface area contributed by atoms with Crippen molar-refractivity contribution in [3.63, 3.8) is 0 Å². The minimum atomic E-state index is -0.449. The molecule has 0 unspecified atom stereocenters. The van der Waals surface area contributed by atoms with Gasteiger partial charge in [-0.1, -0.05) is 11.6 Å². The van der Waals surface area contributed by atoms with E-state index >= 15 is 0 Å². The van der Waals surface area contributed by atoms with Crippen LogP contribution in [0, 0.1) is 0 Å². The van der Waals surface area contributed by atoms with Crippen LogP contribution in [0.25, 0.3) is 0 Å². The molecule has 25 heavy (non-hydrogen) atoms. The van der Waals surface area contributed by atoms with Crippen molar-refractivity contribution in [1.82, 2.24) is 0 Å². The Kier molecular flexibility index (Phi) is 6.19. The van der Waals surface area contributed by atoms with E-state index in [-0.39, 0.29) is 0 Å². The normalized spacial score (nSPS) is 9.96. The van der Waals surface area contributed by atoms with E-state index in [9.17, 15) is 4.79 Å². The molecule has 0 spiro atoms. The molecule has 134 valence electrons. The Hall–Kier alpha value is -2.80. The molecule has 8 heteroatoms. The van der Waals surface area contributed by atoms with E-state index in [4.69, 9.17) is 30.5 Å². The topological polar surface area (TPSA) is 78.1 Å². The van der Waals surface area contributed by atoms with Crippen LogP contribution in [0.5, 0.6) is 23.0 Å². The molecule has 0 saturated heterocycles. The number of urea groups is 1. The summed E-state index contributed by atoms with van der Waals surface area (Å²) in [7, 11) is 6.03. The third-order valence-electron chi connectivity index (χ3n) is 3.33. The average Bonchev–Trinajstić information content (AvgIpc) is 2.60. The number of halogens is 1. The van der Waals surface area contributed by atoms with Gasteiger partial charge in [0, 0.05) is 17.8 Å². The van der Waals surface area contributed by atoms with E-state index in [1.807, 2.05) is 0 Å². The highest BCUT2D eigenvalue weighted by Gasteiger charge is 2.14. The van der Waals surface area contributed by atoms with Gasteiger partial charge in [0.2, 0.25) is 5.75 Å². The second kappa shape index (κ2) is 8.34. The number of benzene rings is 2. The molecule has 2 aromatic rings. The molecule has 0 radical (unpaired) electrons. The van der Waals surface area contributed by atoms with Crippen LogP contribution in [0.2, 0.25) is 5.02 Å². The number of nitrogens with one attached hydrogen (secondary N) is 2. The van der Waals surface area contributed by atoms with Crippen molar-refractivity contribution in [2.45, 2.75) is 0 Å². The zero-order valence-corrected chi connectivity index (χ0v) is 15.1. The van der Waals surface area contributed by atoms with Gasteiger partial charge in [-0.05, 0) is 18.2 Å². The van der Waals surface area contributed by atoms with Crippen LogP contribution in [-0.4, -0.2) is 34.5 Å². The Bertz CT molecular complexity index is 742. The van der Waals surface area contributed by atoms with Crippen LogP contribution < -0.4 is 29.6 Å². The maximum absolute atomic E-state index is 12.2. The fraction of sp³-hybridized carbons (Fsp3) is 0.235. The summed E-state index contributed by atoms with van der Waals surface area (Å²) in [5, 5.41) is 5.78. The van der Waals surface area contributed by atoms with Crippen LogP contribution in [0.1, 0.15) is 0 Å². The first-order valence-electron chi connectivity index (χ1n) is 7.24. The van der Waals surface area contributed by atoms with E-state index in [0.717, 1.165) is 0 Å². The van der Waals surface area contributed by atoms with E-state index < -0.39 is 6.03 Å². The molecule has 0 heterocycles. The van der Waals surface area contributed by atoms with Crippen LogP contribution in [0.15, 0.2) is 30.3 Å². The SMILES string of the molecule is COc1ccc(NC(=O)Nc2cc(OC)c(OC)c(OC)c2)cc1Cl. The number of anilines is 2. The van der Waals surface area contributed by atoms with Crippen LogP contribution in [-0.2, 0) is 0 Å². The molecule has 0 aliphatic carbocycles. The lowest BCUT2D eigenvalue weighted by Gasteiger charge is -2.15. The average molecular weight is 367 g/mol. The third-order valence-corrected chi connectivity index (χ3v) is 3.63. The molecule has 0 atom stereocenters. The summed E-state index contributed by atoms with van der Waals surface area (Å²) >= 11 is 6.04. The van der Waals surface area contributed by atoms with Gasteiger partial charge in [0.05, 0.1) is 39.1 Å². The van der Waals surface area contributed by atoms with Gasteiger partial charge in [0.15, 0.2) is 11.5 Å². The Balaban J connectivity index is 2.16. The summed E-state index contributed by atoms with van der Waals surface area (Å²) in [6.07, 6.45) is 0. The number of hydrogen-bond acceptors (Lipinski definition) is 5. The van der Waals surface area contributed by atoms with Gasteiger partial charge in [0.25, 0.3) is 0 Å². The van der Waals surface area contributed by atoms with E-state index in [2.05, 4.69) is 10.6 Å². The summed E-state index contributed by atoms with van der Waals surface area (Å²) in [4.78, 5) is 12.2. The van der Waals surface area contributed by atoms with Crippen LogP contribution in [0.3, 0.4) is 0 Å². The molecule has 0 saturated carbocycles. The molecular formula is C17H19ClN2O5. The molecule has 2 rings (SSSR count). The Morgan fingerprint density at radius 1 is 0.800 bits per heavy atom. The zero-order valence-electron chi connectivity index (χ0n) is 14.3. The van der Waals surface area contributed by atoms with Gasteiger partial charge in [-0.3, -0.25) is 0 Å². The Morgan fingerprint density at radius 2 is 1.36 bits per heavy atom. The fourth-order valence-corrected chi connectivity index (χ4v) is 2.45. The zero-order chi connectivity index (χ0) is 18.4. The van der Waals surface area contributed by atoms with Crippen molar-refractivity contribution in [2.75, 3.05) is 39.1 Å². The molecule has 0 bridgehead atoms. The molecule has 0 aromatic heterocycles. The quantitative estimate of drug-likeness (QED) is 0.807. The van der Waals surface area contributed by atoms with Crippen molar-refractivity contribution in [3.05, 3.63) is 35.4 Å². The highest BCUT2D eigenvalue weighted by atomic mass is 35.5. The highest BCUT2D eigenvalue weighted by molar-refractivity contribution is 6.32. The summed E-state index contributed by atoms with van der Waals surface area (Å²) < 4.78 is 20.8. The first kappa shape index (κ1) is 18.5. The van der Waals surface area contributed by atoms with Gasteiger partial charge in [-0.25, -0.2) is 4.79 Å². The van der Waals surface area contributed by atoms with Gasteiger partial charge >= 0.3 is 6.03 Å². The smallest absolute Gasteiger partial charge is 0.323 e. The lowest BCUT2D eigenvalue weighted by atomic mass is 10.2. The van der Waals surface area contributed by atoms with Crippen molar-refractivity contribution >= 4 is 29.0 Å². The molecule has 0 fully saturated rings. The fourth-order valence-electron chi connectivity index (χ4n) is 2.19. The van der Waals surface area contributed by atoms with Crippen molar-refractivity contribution in [1.29, 1.82) is 0 Å². The number of hydrogen-bond donors (Lipinski definition) is 2. The van der Waals surface area contributed by atoms with Gasteiger partial charge in [-0.15, -0.1) is 0 Å². The van der Waals surface area contributed by atoms with Crippen LogP contribution >= 0.6 is 11.6 Å². The van der Waals surface area contributed by atoms with Gasteiger partial charge in [0.1, 0.15) is 5.75 Å². The third kappa shape index (κ3) is 4.39. The summed E-state index contributed by atoms with van der Waals surface area (Å²) in [6, 6.07) is 7.74. The lowest BCUT2D eigenvalue weighted by molar-refractivity contribution is 0.262. The predicted octanol–water partition coefficient (Wildman–Crippen LogP) is 4.02. The molecule has 2 N–H and O–H groups in total. The monoisotopic (exact) mass is 366 g/mol. The number of rotatable bonds is 6. The van der Waals surface area contributed by atoms with Crippen LogP contribution in [0.4, 0.5) is 16.2 Å². The molecule has 7 nitrogen and oxygen atoms in total. The maximum Gasteiger partial charge on any atom is 0.323 e. The second-order valence-electron chi connectivity index (χ2n) is 4.84. The van der Waals surface area contributed by atoms with Gasteiger partial charge in [-0.2, -0.15) is 0 Å². The first-order chi connectivity index (χ1) is 12.0. The summed E-state index contributed by atoms with van der Waals surface area (Å²) in [5.41, 5.74) is 1.00. The summed E-state index contributed by atoms with van der Waals surface area (Å²) in [5.74, 6) is 1.84. The van der Waals surface area contributed by atoms with E-state index in [1.54, 1.807) is 30.3 Å². The minimum absolute atomic E-state index is 0.396. The van der Waals surface area contributed by atoms with Crippen molar-refractivity contribution in [2.24, 2.45) is 0 Å². The van der Waals surface area contributed by atoms with Crippen molar-refractivity contribution in [3.8, 4) is 23.0 Å². The van der Waals surface area contributed by atoms with Gasteiger partial charge < -0.3 is 29.6 Å². The molecule has 0 aliphatic rings. The Morgan fingerprint density at radius 3 is 1.84 bits per heavy atom. The van der Waals surface area contributed by atoms with Crippen molar-refractivity contribution < 1.29 is 23.7 Å². The standard InChI is InChI=1S/C17H19ClN2O5/c1-22-13-6-5-10(7-12(13)18)19-17(21)20-11-8-14(23-2)16(25-4)15(9-11)24-3/h5-9H,1-4H3,(H2,19,20,21). The number of methoxy groups -OCH3 is 4. The number of carbonyl (C=O) groups is 1. The predicted molar refractivity (Wildman–Crippen MR) is 96.7 cm³/mol. The number of ether oxygens (including phenoxy) is 4. The molecule has 0 aliphatic heterocycles. The highest BCUT2D eigenvalue weighted by Crippen LogP contribution is 2.40. The molecule has 2 amide bonds. The van der Waals surface area contributed by atoms with E-state index in [1.165, 1.54) is 28.4 Å². The summed E-state index contributed by atoms with van der Waals surface area (Å²) in [6.45, 7) is 0. The van der Waals surface area contributed by atoms with E-state index in [0.29, 0.717) is 39.4 Å². The molecular weight excluding hydrogens is 348 g/mol. The lowest BCUT2D eigenvalue weighted by Crippen LogP contribution is -2.19. The number of amides is 2. The first-order valence-corrected chi connectivity index (χ1v) is 7.61. The maximum atomic E-state index is 12.2.